The number of amides is 2. The molecule has 0 fully saturated rings. The highest BCUT2D eigenvalue weighted by Crippen LogP contribution is 2.29. The highest BCUT2D eigenvalue weighted by atomic mass is 35.5. The van der Waals surface area contributed by atoms with Crippen LogP contribution in [0.1, 0.15) is 27.0 Å². The fourth-order valence-electron chi connectivity index (χ4n) is 2.72. The molecule has 0 spiro atoms. The first-order valence-electron chi connectivity index (χ1n) is 9.48. The molecule has 3 aromatic rings. The Labute approximate surface area is 199 Å². The van der Waals surface area contributed by atoms with Gasteiger partial charge in [-0.3, -0.25) is 14.9 Å². The van der Waals surface area contributed by atoms with Crippen molar-refractivity contribution in [1.82, 2.24) is 5.32 Å². The van der Waals surface area contributed by atoms with Crippen LogP contribution in [0, 0.1) is 0 Å². The van der Waals surface area contributed by atoms with Crippen LogP contribution in [0.3, 0.4) is 0 Å². The van der Waals surface area contributed by atoms with Crippen molar-refractivity contribution in [2.75, 3.05) is 24.4 Å². The summed E-state index contributed by atoms with van der Waals surface area (Å²) in [4.78, 5) is 25.3. The molecule has 0 unspecified atom stereocenters. The molecule has 1 aromatic heterocycles. The van der Waals surface area contributed by atoms with E-state index >= 15 is 0 Å². The molecule has 0 atom stereocenters. The van der Waals surface area contributed by atoms with E-state index in [1.807, 2.05) is 12.3 Å². The van der Waals surface area contributed by atoms with E-state index in [4.69, 9.17) is 33.3 Å². The maximum atomic E-state index is 12.5. The molecule has 32 heavy (non-hydrogen) atoms. The predicted molar refractivity (Wildman–Crippen MR) is 132 cm³/mol. The predicted octanol–water partition coefficient (Wildman–Crippen LogP) is 5.19. The van der Waals surface area contributed by atoms with Crippen LogP contribution < -0.4 is 25.4 Å². The first-order valence-corrected chi connectivity index (χ1v) is 11.2. The van der Waals surface area contributed by atoms with Crippen molar-refractivity contribution in [1.29, 1.82) is 0 Å². The standard InChI is InChI=1S/C22H20ClN3O4S2/c1-3-30-17-9-6-13(11-15(17)23)20(27)26-22(31)24-14-7-8-16(18(12-14)29-2)25-21(28)19-5-4-10-32-19/h4-12H,3H2,1-2H3,(H,25,28)(H2,24,26,27,31). The van der Waals surface area contributed by atoms with E-state index in [9.17, 15) is 9.59 Å². The summed E-state index contributed by atoms with van der Waals surface area (Å²) in [5.41, 5.74) is 1.42. The third kappa shape index (κ3) is 5.97. The molecule has 166 valence electrons. The maximum Gasteiger partial charge on any atom is 0.265 e. The first-order chi connectivity index (χ1) is 15.4. The van der Waals surface area contributed by atoms with E-state index in [2.05, 4.69) is 16.0 Å². The van der Waals surface area contributed by atoms with Crippen molar-refractivity contribution in [3.8, 4) is 11.5 Å². The van der Waals surface area contributed by atoms with Crippen LogP contribution in [0.5, 0.6) is 11.5 Å². The zero-order valence-corrected chi connectivity index (χ0v) is 19.6. The van der Waals surface area contributed by atoms with E-state index in [-0.39, 0.29) is 11.0 Å². The molecule has 3 N–H and O–H groups in total. The lowest BCUT2D eigenvalue weighted by Crippen LogP contribution is -2.34. The molecule has 0 radical (unpaired) electrons. The Morgan fingerprint density at radius 2 is 1.88 bits per heavy atom. The summed E-state index contributed by atoms with van der Waals surface area (Å²) in [6.45, 7) is 2.32. The third-order valence-electron chi connectivity index (χ3n) is 4.17. The summed E-state index contributed by atoms with van der Waals surface area (Å²) in [5.74, 6) is 0.298. The van der Waals surface area contributed by atoms with E-state index in [1.165, 1.54) is 24.5 Å². The summed E-state index contributed by atoms with van der Waals surface area (Å²) in [6.07, 6.45) is 0. The van der Waals surface area contributed by atoms with Crippen molar-refractivity contribution in [2.45, 2.75) is 6.92 Å². The van der Waals surface area contributed by atoms with Crippen LogP contribution in [0.4, 0.5) is 11.4 Å². The number of anilines is 2. The van der Waals surface area contributed by atoms with Crippen molar-refractivity contribution < 1.29 is 19.1 Å². The Morgan fingerprint density at radius 3 is 2.53 bits per heavy atom. The summed E-state index contributed by atoms with van der Waals surface area (Å²) < 4.78 is 10.7. The summed E-state index contributed by atoms with van der Waals surface area (Å²) in [7, 11) is 1.50. The van der Waals surface area contributed by atoms with Gasteiger partial charge in [0.1, 0.15) is 11.5 Å². The van der Waals surface area contributed by atoms with Gasteiger partial charge in [0.05, 0.1) is 29.3 Å². The van der Waals surface area contributed by atoms with Gasteiger partial charge in [-0.05, 0) is 60.9 Å². The van der Waals surface area contributed by atoms with Gasteiger partial charge in [0.15, 0.2) is 5.11 Å². The fraction of sp³-hybridized carbons (Fsp3) is 0.136. The zero-order valence-electron chi connectivity index (χ0n) is 17.2. The lowest BCUT2D eigenvalue weighted by Gasteiger charge is -2.14. The SMILES string of the molecule is CCOc1ccc(C(=O)NC(=S)Nc2ccc(NC(=O)c3cccs3)c(OC)c2)cc1Cl. The van der Waals surface area contributed by atoms with Gasteiger partial charge in [0.2, 0.25) is 0 Å². The number of benzene rings is 2. The average Bonchev–Trinajstić information content (AvgIpc) is 3.31. The Kier molecular flexibility index (Phi) is 8.04. The zero-order chi connectivity index (χ0) is 23.1. The van der Waals surface area contributed by atoms with E-state index < -0.39 is 5.91 Å². The molecule has 0 bridgehead atoms. The maximum absolute atomic E-state index is 12.5. The summed E-state index contributed by atoms with van der Waals surface area (Å²) in [5, 5.41) is 10.6. The van der Waals surface area contributed by atoms with Gasteiger partial charge in [-0.25, -0.2) is 0 Å². The van der Waals surface area contributed by atoms with Crippen LogP contribution in [-0.4, -0.2) is 30.6 Å². The molecular formula is C22H20ClN3O4S2. The van der Waals surface area contributed by atoms with Crippen LogP contribution >= 0.6 is 35.2 Å². The highest BCUT2D eigenvalue weighted by molar-refractivity contribution is 7.80. The van der Waals surface area contributed by atoms with E-state index in [0.29, 0.717) is 44.9 Å². The lowest BCUT2D eigenvalue weighted by atomic mass is 10.2. The third-order valence-corrected chi connectivity index (χ3v) is 5.54. The number of thiocarbonyl (C=S) groups is 1. The molecule has 0 aliphatic rings. The largest absolute Gasteiger partial charge is 0.494 e. The molecule has 3 rings (SSSR count). The van der Waals surface area contributed by atoms with E-state index in [1.54, 1.807) is 42.5 Å². The number of thiophene rings is 1. The number of methoxy groups -OCH3 is 1. The monoisotopic (exact) mass is 489 g/mol. The minimum absolute atomic E-state index is 0.0948. The number of nitrogens with one attached hydrogen (secondary N) is 3. The second kappa shape index (κ2) is 10.9. The van der Waals surface area contributed by atoms with Gasteiger partial charge in [-0.2, -0.15) is 0 Å². The van der Waals surface area contributed by atoms with Crippen molar-refractivity contribution >= 4 is 63.5 Å². The van der Waals surface area contributed by atoms with Gasteiger partial charge < -0.3 is 20.1 Å². The van der Waals surface area contributed by atoms with Gasteiger partial charge in [-0.1, -0.05) is 17.7 Å². The molecular weight excluding hydrogens is 470 g/mol. The number of carbonyl (C=O) groups is 2. The average molecular weight is 490 g/mol. The van der Waals surface area contributed by atoms with Crippen LogP contribution in [0.25, 0.3) is 0 Å². The van der Waals surface area contributed by atoms with Gasteiger partial charge in [-0.15, -0.1) is 11.3 Å². The quantitative estimate of drug-likeness (QED) is 0.396. The second-order valence-corrected chi connectivity index (χ2v) is 8.10. The van der Waals surface area contributed by atoms with E-state index in [0.717, 1.165) is 0 Å². The smallest absolute Gasteiger partial charge is 0.265 e. The molecule has 7 nitrogen and oxygen atoms in total. The van der Waals surface area contributed by atoms with Crippen LogP contribution in [0.15, 0.2) is 53.9 Å². The normalized spacial score (nSPS) is 10.2. The Hall–Kier alpha value is -3.14. The molecule has 0 aliphatic carbocycles. The number of hydrogen-bond donors (Lipinski definition) is 3. The lowest BCUT2D eigenvalue weighted by molar-refractivity contribution is 0.0976. The first kappa shape index (κ1) is 23.5. The van der Waals surface area contributed by atoms with Crippen LogP contribution in [-0.2, 0) is 0 Å². The topological polar surface area (TPSA) is 88.7 Å². The molecule has 2 amide bonds. The van der Waals surface area contributed by atoms with Gasteiger partial charge in [0.25, 0.3) is 11.8 Å². The molecule has 0 aliphatic heterocycles. The number of rotatable bonds is 7. The minimum atomic E-state index is -0.417. The second-order valence-electron chi connectivity index (χ2n) is 6.33. The number of ether oxygens (including phenoxy) is 2. The fourth-order valence-corrected chi connectivity index (χ4v) is 3.78. The van der Waals surface area contributed by atoms with Crippen molar-refractivity contribution in [3.63, 3.8) is 0 Å². The Balaban J connectivity index is 1.63. The molecule has 10 heteroatoms. The summed E-state index contributed by atoms with van der Waals surface area (Å²) >= 11 is 12.7. The number of hydrogen-bond acceptors (Lipinski definition) is 6. The molecule has 0 saturated carbocycles. The highest BCUT2D eigenvalue weighted by Gasteiger charge is 2.14. The molecule has 1 heterocycles. The van der Waals surface area contributed by atoms with Crippen molar-refractivity contribution in [3.05, 3.63) is 69.4 Å². The van der Waals surface area contributed by atoms with Gasteiger partial charge >= 0.3 is 0 Å². The Morgan fingerprint density at radius 1 is 1.06 bits per heavy atom. The molecule has 2 aromatic carbocycles. The molecule has 0 saturated heterocycles. The summed E-state index contributed by atoms with van der Waals surface area (Å²) in [6, 6.07) is 13.3. The number of carbonyl (C=O) groups excluding carboxylic acids is 2. The van der Waals surface area contributed by atoms with Gasteiger partial charge in [0, 0.05) is 17.3 Å². The van der Waals surface area contributed by atoms with Crippen LogP contribution in [0.2, 0.25) is 5.02 Å². The van der Waals surface area contributed by atoms with Crippen molar-refractivity contribution in [2.24, 2.45) is 0 Å². The number of halogens is 1. The minimum Gasteiger partial charge on any atom is -0.494 e. The Bertz CT molecular complexity index is 1140.